The number of hydrogen-bond acceptors (Lipinski definition) is 6. The Hall–Kier alpha value is -3.29. The summed E-state index contributed by atoms with van der Waals surface area (Å²) in [6.07, 6.45) is 2.33. The lowest BCUT2D eigenvalue weighted by molar-refractivity contribution is 0.0766. The smallest absolute Gasteiger partial charge is 0.274 e. The third-order valence-electron chi connectivity index (χ3n) is 3.10. The van der Waals surface area contributed by atoms with Crippen LogP contribution < -0.4 is 5.56 Å². The van der Waals surface area contributed by atoms with Gasteiger partial charge in [0.1, 0.15) is 5.69 Å². The van der Waals surface area contributed by atoms with Gasteiger partial charge in [-0.1, -0.05) is 18.2 Å². The van der Waals surface area contributed by atoms with Crippen molar-refractivity contribution in [2.75, 3.05) is 7.05 Å². The van der Waals surface area contributed by atoms with Crippen LogP contribution in [0.3, 0.4) is 0 Å². The lowest BCUT2D eigenvalue weighted by atomic mass is 10.2. The molecule has 0 unspecified atom stereocenters. The number of benzene rings is 1. The summed E-state index contributed by atoms with van der Waals surface area (Å²) in [5.41, 5.74) is 0.575. The molecule has 8 nitrogen and oxygen atoms in total. The summed E-state index contributed by atoms with van der Waals surface area (Å²) in [7, 11) is 1.58. The highest BCUT2D eigenvalue weighted by atomic mass is 16.4. The van der Waals surface area contributed by atoms with Crippen LogP contribution in [-0.2, 0) is 6.54 Å². The summed E-state index contributed by atoms with van der Waals surface area (Å²) in [6.45, 7) is 0.138. The van der Waals surface area contributed by atoms with Gasteiger partial charge in [0.05, 0.1) is 12.7 Å². The molecule has 3 aromatic rings. The first-order valence-corrected chi connectivity index (χ1v) is 6.81. The minimum atomic E-state index is -0.367. The van der Waals surface area contributed by atoms with Crippen LogP contribution in [0.2, 0.25) is 0 Å². The molecule has 0 fully saturated rings. The van der Waals surface area contributed by atoms with E-state index in [2.05, 4.69) is 20.2 Å². The monoisotopic (exact) mass is 311 g/mol. The molecule has 0 atom stereocenters. The predicted molar refractivity (Wildman–Crippen MR) is 80.4 cm³/mol. The van der Waals surface area contributed by atoms with E-state index in [9.17, 15) is 9.59 Å². The summed E-state index contributed by atoms with van der Waals surface area (Å²) >= 11 is 0. The molecule has 0 saturated carbocycles. The largest absolute Gasteiger partial charge is 0.419 e. The van der Waals surface area contributed by atoms with E-state index in [1.807, 2.05) is 30.3 Å². The summed E-state index contributed by atoms with van der Waals surface area (Å²) in [5.74, 6) is 0.341. The second-order valence-corrected chi connectivity index (χ2v) is 4.82. The maximum absolute atomic E-state index is 12.2. The number of hydrogen-bond donors (Lipinski definition) is 1. The van der Waals surface area contributed by atoms with Gasteiger partial charge in [0.15, 0.2) is 0 Å². The molecule has 0 bridgehead atoms. The number of nitrogens with one attached hydrogen (secondary N) is 1. The fourth-order valence-electron chi connectivity index (χ4n) is 1.94. The summed E-state index contributed by atoms with van der Waals surface area (Å²) in [6, 6.07) is 9.35. The van der Waals surface area contributed by atoms with Crippen molar-refractivity contribution in [1.82, 2.24) is 25.1 Å². The molecule has 0 aliphatic rings. The molecule has 3 rings (SSSR count). The van der Waals surface area contributed by atoms with Crippen molar-refractivity contribution in [1.29, 1.82) is 0 Å². The van der Waals surface area contributed by atoms with Crippen molar-refractivity contribution < 1.29 is 9.21 Å². The van der Waals surface area contributed by atoms with Crippen LogP contribution in [0.4, 0.5) is 0 Å². The zero-order valence-corrected chi connectivity index (χ0v) is 12.3. The molecule has 1 amide bonds. The average Bonchev–Trinajstić information content (AvgIpc) is 3.04. The third kappa shape index (κ3) is 3.31. The van der Waals surface area contributed by atoms with E-state index in [0.29, 0.717) is 11.8 Å². The topological polar surface area (TPSA) is 105 Å². The Kier molecular flexibility index (Phi) is 3.96. The van der Waals surface area contributed by atoms with Gasteiger partial charge in [0.25, 0.3) is 11.5 Å². The number of aromatic nitrogens is 4. The Balaban J connectivity index is 1.72. The Morgan fingerprint density at radius 3 is 2.74 bits per heavy atom. The van der Waals surface area contributed by atoms with Crippen molar-refractivity contribution in [2.45, 2.75) is 6.54 Å². The van der Waals surface area contributed by atoms with E-state index in [1.165, 1.54) is 11.1 Å². The van der Waals surface area contributed by atoms with E-state index in [0.717, 1.165) is 11.8 Å². The van der Waals surface area contributed by atoms with E-state index in [4.69, 9.17) is 4.42 Å². The molecule has 1 N–H and O–H groups in total. The normalized spacial score (nSPS) is 10.5. The molecule has 23 heavy (non-hydrogen) atoms. The maximum atomic E-state index is 12.2. The van der Waals surface area contributed by atoms with Crippen LogP contribution in [0.25, 0.3) is 11.5 Å². The molecular weight excluding hydrogens is 298 g/mol. The first-order valence-electron chi connectivity index (χ1n) is 6.81. The quantitative estimate of drug-likeness (QED) is 0.773. The van der Waals surface area contributed by atoms with Crippen LogP contribution in [0.5, 0.6) is 0 Å². The number of aromatic amines is 1. The maximum Gasteiger partial charge on any atom is 0.274 e. The number of carbonyl (C=O) groups excluding carboxylic acids is 1. The highest BCUT2D eigenvalue weighted by Gasteiger charge is 2.17. The van der Waals surface area contributed by atoms with E-state index in [1.54, 1.807) is 7.05 Å². The molecule has 2 heterocycles. The molecule has 2 aromatic heterocycles. The van der Waals surface area contributed by atoms with E-state index < -0.39 is 0 Å². The molecule has 0 radical (unpaired) electrons. The van der Waals surface area contributed by atoms with Crippen molar-refractivity contribution in [2.24, 2.45) is 0 Å². The number of rotatable bonds is 4. The predicted octanol–water partition coefficient (Wildman–Crippen LogP) is 1.09. The van der Waals surface area contributed by atoms with Crippen molar-refractivity contribution in [3.63, 3.8) is 0 Å². The molecular formula is C15H13N5O3. The lowest BCUT2D eigenvalue weighted by Gasteiger charge is -2.13. The van der Waals surface area contributed by atoms with Crippen molar-refractivity contribution >= 4 is 5.91 Å². The van der Waals surface area contributed by atoms with Crippen molar-refractivity contribution in [3.05, 3.63) is 64.7 Å². The second-order valence-electron chi connectivity index (χ2n) is 4.82. The van der Waals surface area contributed by atoms with Crippen molar-refractivity contribution in [3.8, 4) is 11.5 Å². The first kappa shape index (κ1) is 14.6. The lowest BCUT2D eigenvalue weighted by Crippen LogP contribution is -2.28. The fourth-order valence-corrected chi connectivity index (χ4v) is 1.94. The summed E-state index contributed by atoms with van der Waals surface area (Å²) < 4.78 is 5.55. The highest BCUT2D eigenvalue weighted by molar-refractivity contribution is 5.91. The minimum absolute atomic E-state index is 0.134. The van der Waals surface area contributed by atoms with Gasteiger partial charge in [-0.25, -0.2) is 4.98 Å². The van der Waals surface area contributed by atoms with Gasteiger partial charge in [0, 0.05) is 18.8 Å². The standard InChI is InChI=1S/C15H13N5O3/c1-20(15(22)11-7-17-12(21)8-16-11)9-13-18-19-14(23-13)10-5-3-2-4-6-10/h2-8H,9H2,1H3,(H,17,21). The van der Waals surface area contributed by atoms with Gasteiger partial charge < -0.3 is 14.3 Å². The van der Waals surface area contributed by atoms with Crippen LogP contribution >= 0.6 is 0 Å². The Bertz CT molecular complexity index is 852. The Morgan fingerprint density at radius 1 is 1.26 bits per heavy atom. The third-order valence-corrected chi connectivity index (χ3v) is 3.10. The Labute approximate surface area is 130 Å². The molecule has 0 spiro atoms. The SMILES string of the molecule is CN(Cc1nnc(-c2ccccc2)o1)C(=O)c1c[nH]c(=O)cn1. The van der Waals surface area contributed by atoms with E-state index in [-0.39, 0.29) is 23.7 Å². The summed E-state index contributed by atoms with van der Waals surface area (Å²) in [5, 5.41) is 7.90. The minimum Gasteiger partial charge on any atom is -0.419 e. The zero-order chi connectivity index (χ0) is 16.2. The number of carbonyl (C=O) groups is 1. The van der Waals surface area contributed by atoms with Gasteiger partial charge in [-0.05, 0) is 12.1 Å². The van der Waals surface area contributed by atoms with Gasteiger partial charge in [-0.15, -0.1) is 10.2 Å². The van der Waals surface area contributed by atoms with Gasteiger partial charge in [-0.3, -0.25) is 9.59 Å². The van der Waals surface area contributed by atoms with Gasteiger partial charge in [0.2, 0.25) is 11.8 Å². The van der Waals surface area contributed by atoms with Crippen LogP contribution in [0.15, 0.2) is 51.9 Å². The average molecular weight is 311 g/mol. The molecule has 116 valence electrons. The number of amides is 1. The van der Waals surface area contributed by atoms with E-state index >= 15 is 0 Å². The second kappa shape index (κ2) is 6.22. The Morgan fingerprint density at radius 2 is 2.04 bits per heavy atom. The van der Waals surface area contributed by atoms with Gasteiger partial charge >= 0.3 is 0 Å². The molecule has 1 aromatic carbocycles. The fraction of sp³-hybridized carbons (Fsp3) is 0.133. The molecule has 8 heteroatoms. The summed E-state index contributed by atoms with van der Waals surface area (Å²) in [4.78, 5) is 30.7. The van der Waals surface area contributed by atoms with Crippen LogP contribution in [0, 0.1) is 0 Å². The zero-order valence-electron chi connectivity index (χ0n) is 12.3. The molecule has 0 aliphatic carbocycles. The van der Waals surface area contributed by atoms with Crippen LogP contribution in [0.1, 0.15) is 16.4 Å². The first-order chi connectivity index (χ1) is 11.1. The van der Waals surface area contributed by atoms with Gasteiger partial charge in [-0.2, -0.15) is 0 Å². The molecule has 0 aliphatic heterocycles. The number of H-pyrrole nitrogens is 1. The van der Waals surface area contributed by atoms with Crippen LogP contribution in [-0.4, -0.2) is 38.0 Å². The molecule has 0 saturated heterocycles. The highest BCUT2D eigenvalue weighted by Crippen LogP contribution is 2.17. The number of nitrogens with zero attached hydrogens (tertiary/aromatic N) is 4.